The van der Waals surface area contributed by atoms with Gasteiger partial charge in [-0.05, 0) is 39.4 Å². The normalized spacial score (nSPS) is 11.8. The molecular formula is C15H24N2O. The maximum atomic E-state index is 12.1. The Morgan fingerprint density at radius 3 is 2.39 bits per heavy atom. The fraction of sp³-hybridized carbons (Fsp3) is 0.533. The zero-order chi connectivity index (χ0) is 13.8. The first kappa shape index (κ1) is 14.7. The smallest absolute Gasteiger partial charge is 0.166 e. The van der Waals surface area contributed by atoms with Gasteiger partial charge in [0.2, 0.25) is 0 Å². The second kappa shape index (κ2) is 6.01. The minimum atomic E-state index is 0.0945. The maximum absolute atomic E-state index is 12.1. The largest absolute Gasteiger partial charge is 0.398 e. The van der Waals surface area contributed by atoms with E-state index in [4.69, 9.17) is 5.73 Å². The molecule has 100 valence electrons. The summed E-state index contributed by atoms with van der Waals surface area (Å²) in [6.07, 6.45) is 0.513. The van der Waals surface area contributed by atoms with Crippen molar-refractivity contribution in [3.05, 3.63) is 29.8 Å². The van der Waals surface area contributed by atoms with Crippen molar-refractivity contribution in [1.82, 2.24) is 4.90 Å². The highest BCUT2D eigenvalue weighted by atomic mass is 16.1. The number of Topliss-reactive ketones (excluding diaryl/α,β-unsaturated/α-hetero) is 1. The van der Waals surface area contributed by atoms with Crippen molar-refractivity contribution in [2.75, 3.05) is 18.8 Å². The van der Waals surface area contributed by atoms with E-state index in [-0.39, 0.29) is 11.3 Å². The van der Waals surface area contributed by atoms with Crippen molar-refractivity contribution in [2.45, 2.75) is 39.7 Å². The minimum Gasteiger partial charge on any atom is -0.398 e. The topological polar surface area (TPSA) is 46.3 Å². The Bertz CT molecular complexity index is 407. The van der Waals surface area contributed by atoms with Crippen LogP contribution in [0.25, 0.3) is 0 Å². The molecule has 2 N–H and O–H groups in total. The molecule has 0 unspecified atom stereocenters. The summed E-state index contributed by atoms with van der Waals surface area (Å²) in [5, 5.41) is 0. The highest BCUT2D eigenvalue weighted by Crippen LogP contribution is 2.16. The second-order valence-corrected chi connectivity index (χ2v) is 5.51. The quantitative estimate of drug-likeness (QED) is 0.643. The third-order valence-electron chi connectivity index (χ3n) is 3.20. The fourth-order valence-corrected chi connectivity index (χ4v) is 2.09. The van der Waals surface area contributed by atoms with Gasteiger partial charge in [0.25, 0.3) is 0 Å². The number of hydrogen-bond donors (Lipinski definition) is 1. The summed E-state index contributed by atoms with van der Waals surface area (Å²) in [5.74, 6) is 0.121. The number of anilines is 1. The molecule has 1 aromatic rings. The first-order valence-electron chi connectivity index (χ1n) is 6.49. The lowest BCUT2D eigenvalue weighted by Gasteiger charge is -2.34. The average molecular weight is 248 g/mol. The molecular weight excluding hydrogens is 224 g/mol. The molecule has 0 saturated heterocycles. The summed E-state index contributed by atoms with van der Waals surface area (Å²) in [5.41, 5.74) is 7.12. The molecule has 18 heavy (non-hydrogen) atoms. The lowest BCUT2D eigenvalue weighted by atomic mass is 10.0. The molecule has 0 amide bonds. The van der Waals surface area contributed by atoms with E-state index in [2.05, 4.69) is 32.6 Å². The third kappa shape index (κ3) is 3.84. The number of carbonyl (C=O) groups excluding carboxylic acids is 1. The van der Waals surface area contributed by atoms with E-state index < -0.39 is 0 Å². The Hall–Kier alpha value is -1.35. The van der Waals surface area contributed by atoms with Crippen LogP contribution in [0.5, 0.6) is 0 Å². The molecule has 3 heteroatoms. The van der Waals surface area contributed by atoms with Crippen molar-refractivity contribution in [3.63, 3.8) is 0 Å². The summed E-state index contributed by atoms with van der Waals surface area (Å²) in [7, 11) is 0. The molecule has 0 fully saturated rings. The molecule has 1 aromatic carbocycles. The summed E-state index contributed by atoms with van der Waals surface area (Å²) < 4.78 is 0. The first-order valence-corrected chi connectivity index (χ1v) is 6.49. The van der Waals surface area contributed by atoms with Crippen molar-refractivity contribution < 1.29 is 4.79 Å². The Morgan fingerprint density at radius 2 is 1.89 bits per heavy atom. The molecule has 0 bridgehead atoms. The van der Waals surface area contributed by atoms with Gasteiger partial charge < -0.3 is 5.73 Å². The van der Waals surface area contributed by atoms with Gasteiger partial charge in [-0.25, -0.2) is 0 Å². The summed E-state index contributed by atoms with van der Waals surface area (Å²) in [6, 6.07) is 7.27. The van der Waals surface area contributed by atoms with Gasteiger partial charge in [-0.2, -0.15) is 0 Å². The van der Waals surface area contributed by atoms with Gasteiger partial charge in [0, 0.05) is 29.8 Å². The molecule has 0 aliphatic carbocycles. The van der Waals surface area contributed by atoms with Crippen molar-refractivity contribution in [3.8, 4) is 0 Å². The standard InChI is InChI=1S/C15H24N2O/c1-5-17(15(2,3)4)11-10-14(18)12-8-6-7-9-13(12)16/h6-9H,5,10-11,16H2,1-4H3. The highest BCUT2D eigenvalue weighted by Gasteiger charge is 2.20. The summed E-state index contributed by atoms with van der Waals surface area (Å²) in [4.78, 5) is 14.4. The van der Waals surface area contributed by atoms with E-state index >= 15 is 0 Å². The van der Waals surface area contributed by atoms with Crippen LogP contribution in [0.2, 0.25) is 0 Å². The van der Waals surface area contributed by atoms with E-state index in [1.807, 2.05) is 12.1 Å². The van der Waals surface area contributed by atoms with Gasteiger partial charge in [0.1, 0.15) is 0 Å². The average Bonchev–Trinajstić information content (AvgIpc) is 2.28. The highest BCUT2D eigenvalue weighted by molar-refractivity contribution is 6.00. The molecule has 0 aliphatic heterocycles. The number of benzene rings is 1. The molecule has 0 saturated carbocycles. The predicted octanol–water partition coefficient (Wildman–Crippen LogP) is 2.96. The minimum absolute atomic E-state index is 0.0945. The predicted molar refractivity (Wildman–Crippen MR) is 76.8 cm³/mol. The Kier molecular flexibility index (Phi) is 4.91. The molecule has 0 aromatic heterocycles. The van der Waals surface area contributed by atoms with Crippen molar-refractivity contribution >= 4 is 11.5 Å². The Labute approximate surface area is 110 Å². The number of carbonyl (C=O) groups is 1. The lowest BCUT2D eigenvalue weighted by Crippen LogP contribution is -2.42. The van der Waals surface area contributed by atoms with Gasteiger partial charge in [-0.15, -0.1) is 0 Å². The van der Waals surface area contributed by atoms with Crippen LogP contribution >= 0.6 is 0 Å². The van der Waals surface area contributed by atoms with Crippen LogP contribution in [0, 0.1) is 0 Å². The van der Waals surface area contributed by atoms with Gasteiger partial charge in [-0.3, -0.25) is 9.69 Å². The van der Waals surface area contributed by atoms with E-state index in [0.717, 1.165) is 13.1 Å². The monoisotopic (exact) mass is 248 g/mol. The van der Waals surface area contributed by atoms with Gasteiger partial charge in [0.15, 0.2) is 5.78 Å². The van der Waals surface area contributed by atoms with Crippen LogP contribution in [0.4, 0.5) is 5.69 Å². The first-order chi connectivity index (χ1) is 8.36. The van der Waals surface area contributed by atoms with Crippen LogP contribution in [0.15, 0.2) is 24.3 Å². The number of nitrogens with two attached hydrogens (primary N) is 1. The van der Waals surface area contributed by atoms with Crippen LogP contribution in [-0.2, 0) is 0 Å². The molecule has 0 heterocycles. The Balaban J connectivity index is 2.64. The van der Waals surface area contributed by atoms with E-state index in [1.54, 1.807) is 12.1 Å². The fourth-order valence-electron chi connectivity index (χ4n) is 2.09. The van der Waals surface area contributed by atoms with Crippen LogP contribution < -0.4 is 5.73 Å². The molecule has 0 atom stereocenters. The summed E-state index contributed by atoms with van der Waals surface area (Å²) >= 11 is 0. The number of nitrogen functional groups attached to an aromatic ring is 1. The number of ketones is 1. The molecule has 0 radical (unpaired) electrons. The van der Waals surface area contributed by atoms with Gasteiger partial charge in [-0.1, -0.05) is 19.1 Å². The molecule has 1 rings (SSSR count). The maximum Gasteiger partial charge on any atom is 0.166 e. The number of nitrogens with zero attached hydrogens (tertiary/aromatic N) is 1. The van der Waals surface area contributed by atoms with Crippen LogP contribution in [0.3, 0.4) is 0 Å². The third-order valence-corrected chi connectivity index (χ3v) is 3.20. The Morgan fingerprint density at radius 1 is 1.28 bits per heavy atom. The van der Waals surface area contributed by atoms with Gasteiger partial charge >= 0.3 is 0 Å². The van der Waals surface area contributed by atoms with Gasteiger partial charge in [0.05, 0.1) is 0 Å². The van der Waals surface area contributed by atoms with E-state index in [1.165, 1.54) is 0 Å². The zero-order valence-electron chi connectivity index (χ0n) is 11.9. The SMILES string of the molecule is CCN(CCC(=O)c1ccccc1N)C(C)(C)C. The number of para-hydroxylation sites is 1. The summed E-state index contributed by atoms with van der Waals surface area (Å²) in [6.45, 7) is 10.3. The molecule has 3 nitrogen and oxygen atoms in total. The number of rotatable bonds is 5. The second-order valence-electron chi connectivity index (χ2n) is 5.51. The molecule has 0 aliphatic rings. The number of hydrogen-bond acceptors (Lipinski definition) is 3. The van der Waals surface area contributed by atoms with Crippen LogP contribution in [0.1, 0.15) is 44.5 Å². The molecule has 0 spiro atoms. The van der Waals surface area contributed by atoms with Crippen molar-refractivity contribution in [2.24, 2.45) is 0 Å². The zero-order valence-corrected chi connectivity index (χ0v) is 11.9. The van der Waals surface area contributed by atoms with Crippen LogP contribution in [-0.4, -0.2) is 29.3 Å². The van der Waals surface area contributed by atoms with E-state index in [0.29, 0.717) is 17.7 Å². The van der Waals surface area contributed by atoms with Crippen molar-refractivity contribution in [1.29, 1.82) is 0 Å². The lowest BCUT2D eigenvalue weighted by molar-refractivity contribution is 0.0922. The van der Waals surface area contributed by atoms with E-state index in [9.17, 15) is 4.79 Å².